The van der Waals surface area contributed by atoms with Crippen LogP contribution in [-0.2, 0) is 0 Å². The molecule has 0 bridgehead atoms. The topological polar surface area (TPSA) is 12.4 Å². The Bertz CT molecular complexity index is 284. The van der Waals surface area contributed by atoms with E-state index >= 15 is 0 Å². The van der Waals surface area contributed by atoms with Crippen molar-refractivity contribution in [2.75, 3.05) is 5.08 Å². The molecule has 0 heterocycles. The Morgan fingerprint density at radius 3 is 2.92 bits per heavy atom. The van der Waals surface area contributed by atoms with Gasteiger partial charge in [0.05, 0.1) is 5.69 Å². The Morgan fingerprint density at radius 1 is 1.58 bits per heavy atom. The highest BCUT2D eigenvalue weighted by Gasteiger charge is 2.02. The van der Waals surface area contributed by atoms with Gasteiger partial charge in [-0.05, 0) is 25.3 Å². The summed E-state index contributed by atoms with van der Waals surface area (Å²) in [5.41, 5.74) is 2.19. The molecule has 0 fully saturated rings. The maximum atomic E-state index is 4.17. The fourth-order valence-corrected chi connectivity index (χ4v) is 2.11. The highest BCUT2D eigenvalue weighted by atomic mass is 32.2. The van der Waals surface area contributed by atoms with Gasteiger partial charge in [0, 0.05) is 9.98 Å². The van der Waals surface area contributed by atoms with E-state index in [9.17, 15) is 0 Å². The zero-order chi connectivity index (χ0) is 8.97. The van der Waals surface area contributed by atoms with Crippen LogP contribution in [0.5, 0.6) is 0 Å². The highest BCUT2D eigenvalue weighted by Crippen LogP contribution is 2.32. The number of thiol groups is 1. The number of aliphatic imine (C=N–C) groups is 1. The normalized spacial score (nSPS) is 9.83. The van der Waals surface area contributed by atoms with E-state index in [1.54, 1.807) is 11.8 Å². The van der Waals surface area contributed by atoms with Gasteiger partial charge < -0.3 is 0 Å². The van der Waals surface area contributed by atoms with Gasteiger partial charge in [-0.3, -0.25) is 4.99 Å². The monoisotopic (exact) mass is 197 g/mol. The molecule has 0 aromatic heterocycles. The number of hydrogen-bond donors (Lipinski definition) is 1. The summed E-state index contributed by atoms with van der Waals surface area (Å²) >= 11 is 5.85. The molecule has 0 N–H and O–H groups in total. The number of rotatable bonds is 3. The summed E-state index contributed by atoms with van der Waals surface area (Å²) in [7, 11) is 0. The quantitative estimate of drug-likeness (QED) is 0.339. The molecule has 0 aliphatic heterocycles. The summed E-state index contributed by atoms with van der Waals surface area (Å²) in [6.45, 7) is 5.60. The molecule has 1 rings (SSSR count). The van der Waals surface area contributed by atoms with Gasteiger partial charge in [0.2, 0.25) is 0 Å². The van der Waals surface area contributed by atoms with E-state index < -0.39 is 0 Å². The Balaban J connectivity index is 3.10. The number of aryl methyl sites for hydroxylation is 1. The Morgan fingerprint density at radius 2 is 2.33 bits per heavy atom. The first-order valence-electron chi connectivity index (χ1n) is 3.59. The fraction of sp³-hybridized carbons (Fsp3) is 0.222. The first-order valence-corrected chi connectivity index (χ1v) is 5.21. The molecule has 0 aliphatic rings. The van der Waals surface area contributed by atoms with Crippen molar-refractivity contribution in [3.05, 3.63) is 23.8 Å². The second kappa shape index (κ2) is 4.58. The van der Waals surface area contributed by atoms with Crippen LogP contribution < -0.4 is 0 Å². The molecule has 0 saturated carbocycles. The average molecular weight is 197 g/mol. The lowest BCUT2D eigenvalue weighted by atomic mass is 10.2. The molecule has 0 amide bonds. The van der Waals surface area contributed by atoms with Crippen molar-refractivity contribution in [2.24, 2.45) is 4.99 Å². The molecule has 64 valence electrons. The predicted molar refractivity (Wildman–Crippen MR) is 60.1 cm³/mol. The van der Waals surface area contributed by atoms with Gasteiger partial charge >= 0.3 is 0 Å². The fourth-order valence-electron chi connectivity index (χ4n) is 1.01. The minimum Gasteiger partial charge on any atom is -0.263 e. The second-order valence-electron chi connectivity index (χ2n) is 2.35. The molecule has 1 nitrogen and oxygen atoms in total. The molecular formula is C9H11NS2. The predicted octanol–water partition coefficient (Wildman–Crippen LogP) is 3.31. The van der Waals surface area contributed by atoms with E-state index in [1.807, 2.05) is 12.1 Å². The summed E-state index contributed by atoms with van der Waals surface area (Å²) in [4.78, 5) is 5.13. The zero-order valence-corrected chi connectivity index (χ0v) is 8.66. The van der Waals surface area contributed by atoms with E-state index in [4.69, 9.17) is 0 Å². The van der Waals surface area contributed by atoms with Crippen LogP contribution in [0.15, 0.2) is 28.1 Å². The molecule has 1 aromatic carbocycles. The van der Waals surface area contributed by atoms with Gasteiger partial charge in [-0.25, -0.2) is 0 Å². The van der Waals surface area contributed by atoms with E-state index in [0.717, 1.165) is 10.8 Å². The third-order valence-corrected chi connectivity index (χ3v) is 2.91. The maximum Gasteiger partial charge on any atom is 0.0761 e. The van der Waals surface area contributed by atoms with E-state index in [2.05, 4.69) is 37.3 Å². The Labute approximate surface area is 82.7 Å². The molecule has 0 aliphatic carbocycles. The third-order valence-electron chi connectivity index (χ3n) is 1.57. The van der Waals surface area contributed by atoms with E-state index in [1.165, 1.54) is 10.5 Å². The zero-order valence-electron chi connectivity index (χ0n) is 6.95. The van der Waals surface area contributed by atoms with Crippen molar-refractivity contribution in [3.63, 3.8) is 0 Å². The molecule has 3 heteroatoms. The molecule has 0 atom stereocenters. The summed E-state index contributed by atoms with van der Waals surface area (Å²) in [5.74, 6) is 0. The summed E-state index contributed by atoms with van der Waals surface area (Å²) in [5, 5.41) is 0.771. The summed E-state index contributed by atoms with van der Waals surface area (Å²) in [6.07, 6.45) is 0. The van der Waals surface area contributed by atoms with Gasteiger partial charge in [-0.2, -0.15) is 12.6 Å². The van der Waals surface area contributed by atoms with Crippen LogP contribution in [-0.4, -0.2) is 11.8 Å². The number of hydrogen-bond acceptors (Lipinski definition) is 3. The van der Waals surface area contributed by atoms with Crippen molar-refractivity contribution >= 4 is 36.8 Å². The SMILES string of the molecule is C=Nc1cccc(C)c1SCS. The second-order valence-corrected chi connectivity index (χ2v) is 4.08. The van der Waals surface area contributed by atoms with Crippen LogP contribution in [0.4, 0.5) is 5.69 Å². The van der Waals surface area contributed by atoms with Crippen molar-refractivity contribution in [3.8, 4) is 0 Å². The van der Waals surface area contributed by atoms with Crippen molar-refractivity contribution in [1.29, 1.82) is 0 Å². The van der Waals surface area contributed by atoms with Gasteiger partial charge in [0.1, 0.15) is 0 Å². The maximum absolute atomic E-state index is 4.17. The van der Waals surface area contributed by atoms with Gasteiger partial charge in [0.25, 0.3) is 0 Å². The van der Waals surface area contributed by atoms with Gasteiger partial charge in [-0.1, -0.05) is 12.1 Å². The van der Waals surface area contributed by atoms with Crippen LogP contribution in [0.25, 0.3) is 0 Å². The lowest BCUT2D eigenvalue weighted by Crippen LogP contribution is -1.79. The molecule has 0 spiro atoms. The third kappa shape index (κ3) is 2.05. The number of nitrogens with zero attached hydrogens (tertiary/aromatic N) is 1. The molecule has 1 aromatic rings. The molecule has 0 saturated heterocycles. The van der Waals surface area contributed by atoms with Gasteiger partial charge in [0.15, 0.2) is 0 Å². The molecule has 0 unspecified atom stereocenters. The van der Waals surface area contributed by atoms with Crippen LogP contribution >= 0.6 is 24.4 Å². The molecule has 0 radical (unpaired) electrons. The lowest BCUT2D eigenvalue weighted by molar-refractivity contribution is 1.28. The smallest absolute Gasteiger partial charge is 0.0761 e. The largest absolute Gasteiger partial charge is 0.263 e. The minimum absolute atomic E-state index is 0.771. The average Bonchev–Trinajstić information content (AvgIpc) is 2.09. The number of thioether (sulfide) groups is 1. The van der Waals surface area contributed by atoms with Crippen LogP contribution in [0.3, 0.4) is 0 Å². The first kappa shape index (κ1) is 9.68. The molecule has 12 heavy (non-hydrogen) atoms. The van der Waals surface area contributed by atoms with Crippen molar-refractivity contribution < 1.29 is 0 Å². The summed E-state index contributed by atoms with van der Waals surface area (Å²) in [6, 6.07) is 6.02. The van der Waals surface area contributed by atoms with Crippen LogP contribution in [0.2, 0.25) is 0 Å². The lowest BCUT2D eigenvalue weighted by Gasteiger charge is -2.05. The van der Waals surface area contributed by atoms with Crippen LogP contribution in [0, 0.1) is 6.92 Å². The van der Waals surface area contributed by atoms with Gasteiger partial charge in [-0.15, -0.1) is 11.8 Å². The highest BCUT2D eigenvalue weighted by molar-refractivity contribution is 8.09. The van der Waals surface area contributed by atoms with Crippen molar-refractivity contribution in [1.82, 2.24) is 0 Å². The summed E-state index contributed by atoms with van der Waals surface area (Å²) < 4.78 is 0. The minimum atomic E-state index is 0.771. The Kier molecular flexibility index (Phi) is 3.69. The van der Waals surface area contributed by atoms with Crippen LogP contribution in [0.1, 0.15) is 5.56 Å². The number of benzene rings is 1. The van der Waals surface area contributed by atoms with Crippen molar-refractivity contribution in [2.45, 2.75) is 11.8 Å². The standard InChI is InChI=1S/C9H11NS2/c1-7-4-3-5-8(10-2)9(7)12-6-11/h3-5,11H,2,6H2,1H3. The molecular weight excluding hydrogens is 186 g/mol. The van der Waals surface area contributed by atoms with E-state index in [0.29, 0.717) is 0 Å². The van der Waals surface area contributed by atoms with E-state index in [-0.39, 0.29) is 0 Å². The Hall–Kier alpha value is -0.410. The first-order chi connectivity index (χ1) is 5.79.